The smallest absolute Gasteiger partial charge is 0.321 e. The van der Waals surface area contributed by atoms with Crippen LogP contribution in [0, 0.1) is 0 Å². The Kier molecular flexibility index (Phi) is 3.86. The number of urea groups is 1. The van der Waals surface area contributed by atoms with Gasteiger partial charge in [-0.25, -0.2) is 4.79 Å². The standard InChI is InChI=1S/C12H16ClN3O/c13-10-5-1-2-6-11(10)15-12(17)16-7-3-4-9(14)8-16/h1-2,5-6,9H,3-4,7-8,14H2,(H,15,17). The van der Waals surface area contributed by atoms with E-state index in [9.17, 15) is 4.79 Å². The van der Waals surface area contributed by atoms with E-state index >= 15 is 0 Å². The number of carbonyl (C=O) groups is 1. The van der Waals surface area contributed by atoms with Gasteiger partial charge < -0.3 is 16.0 Å². The minimum atomic E-state index is -0.131. The number of nitrogens with two attached hydrogens (primary N) is 1. The average molecular weight is 254 g/mol. The number of hydrogen-bond donors (Lipinski definition) is 2. The van der Waals surface area contributed by atoms with Crippen molar-refractivity contribution in [3.05, 3.63) is 29.3 Å². The lowest BCUT2D eigenvalue weighted by Gasteiger charge is -2.30. The van der Waals surface area contributed by atoms with Gasteiger partial charge >= 0.3 is 6.03 Å². The number of rotatable bonds is 1. The van der Waals surface area contributed by atoms with Crippen LogP contribution in [0.2, 0.25) is 5.02 Å². The summed E-state index contributed by atoms with van der Waals surface area (Å²) >= 11 is 5.98. The van der Waals surface area contributed by atoms with Crippen LogP contribution >= 0.6 is 11.6 Å². The Bertz CT molecular complexity index is 410. The third-order valence-electron chi connectivity index (χ3n) is 2.86. The highest BCUT2D eigenvalue weighted by Gasteiger charge is 2.21. The molecule has 0 bridgehead atoms. The predicted molar refractivity (Wildman–Crippen MR) is 69.3 cm³/mol. The number of nitrogens with zero attached hydrogens (tertiary/aromatic N) is 1. The van der Waals surface area contributed by atoms with Crippen molar-refractivity contribution in [3.63, 3.8) is 0 Å². The van der Waals surface area contributed by atoms with Gasteiger partial charge in [0.1, 0.15) is 0 Å². The van der Waals surface area contributed by atoms with E-state index in [0.717, 1.165) is 19.4 Å². The summed E-state index contributed by atoms with van der Waals surface area (Å²) < 4.78 is 0. The van der Waals surface area contributed by atoms with Gasteiger partial charge in [-0.3, -0.25) is 0 Å². The molecule has 1 aromatic carbocycles. The molecule has 0 radical (unpaired) electrons. The molecule has 1 fully saturated rings. The Hall–Kier alpha value is -1.26. The second-order valence-electron chi connectivity index (χ2n) is 4.26. The van der Waals surface area contributed by atoms with E-state index in [1.54, 1.807) is 17.0 Å². The fourth-order valence-electron chi connectivity index (χ4n) is 1.95. The van der Waals surface area contributed by atoms with Crippen molar-refractivity contribution >= 4 is 23.3 Å². The summed E-state index contributed by atoms with van der Waals surface area (Å²) in [5.41, 5.74) is 6.48. The van der Waals surface area contributed by atoms with Gasteiger partial charge in [0.25, 0.3) is 0 Å². The topological polar surface area (TPSA) is 58.4 Å². The summed E-state index contributed by atoms with van der Waals surface area (Å²) in [5.74, 6) is 0. The van der Waals surface area contributed by atoms with Crippen molar-refractivity contribution in [1.82, 2.24) is 4.90 Å². The Balaban J connectivity index is 1.99. The van der Waals surface area contributed by atoms with Crippen molar-refractivity contribution < 1.29 is 4.79 Å². The summed E-state index contributed by atoms with van der Waals surface area (Å²) in [4.78, 5) is 13.7. The highest BCUT2D eigenvalue weighted by Crippen LogP contribution is 2.21. The summed E-state index contributed by atoms with van der Waals surface area (Å²) in [7, 11) is 0. The number of carbonyl (C=O) groups excluding carboxylic acids is 1. The first kappa shape index (κ1) is 12.2. The molecule has 1 saturated heterocycles. The van der Waals surface area contributed by atoms with Gasteiger partial charge in [0, 0.05) is 19.1 Å². The molecule has 1 unspecified atom stereocenters. The Labute approximate surface area is 106 Å². The number of nitrogens with one attached hydrogen (secondary N) is 1. The normalized spacial score (nSPS) is 20.1. The number of amides is 2. The van der Waals surface area contributed by atoms with E-state index in [0.29, 0.717) is 17.3 Å². The van der Waals surface area contributed by atoms with Crippen molar-refractivity contribution in [2.75, 3.05) is 18.4 Å². The van der Waals surface area contributed by atoms with Crippen molar-refractivity contribution in [1.29, 1.82) is 0 Å². The molecule has 1 aromatic rings. The van der Waals surface area contributed by atoms with Gasteiger partial charge in [-0.05, 0) is 25.0 Å². The highest BCUT2D eigenvalue weighted by molar-refractivity contribution is 6.33. The van der Waals surface area contributed by atoms with E-state index in [2.05, 4.69) is 5.32 Å². The second kappa shape index (κ2) is 5.38. The third kappa shape index (κ3) is 3.11. The molecule has 1 atom stereocenters. The van der Waals surface area contributed by atoms with E-state index < -0.39 is 0 Å². The van der Waals surface area contributed by atoms with E-state index in [-0.39, 0.29) is 12.1 Å². The molecule has 3 N–H and O–H groups in total. The van der Waals surface area contributed by atoms with Crippen molar-refractivity contribution in [2.45, 2.75) is 18.9 Å². The van der Waals surface area contributed by atoms with E-state index in [1.165, 1.54) is 0 Å². The Morgan fingerprint density at radius 2 is 2.24 bits per heavy atom. The van der Waals surface area contributed by atoms with Crippen LogP contribution in [0.15, 0.2) is 24.3 Å². The molecule has 5 heteroatoms. The van der Waals surface area contributed by atoms with Crippen LogP contribution in [0.4, 0.5) is 10.5 Å². The van der Waals surface area contributed by atoms with Crippen LogP contribution in [-0.4, -0.2) is 30.1 Å². The van der Waals surface area contributed by atoms with Crippen molar-refractivity contribution in [2.24, 2.45) is 5.73 Å². The number of para-hydroxylation sites is 1. The molecule has 0 spiro atoms. The number of anilines is 1. The molecule has 0 aliphatic carbocycles. The fourth-order valence-corrected chi connectivity index (χ4v) is 2.13. The molecule has 17 heavy (non-hydrogen) atoms. The molecule has 0 aromatic heterocycles. The molecular weight excluding hydrogens is 238 g/mol. The van der Waals surface area contributed by atoms with Crippen LogP contribution in [0.5, 0.6) is 0 Å². The lowest BCUT2D eigenvalue weighted by molar-refractivity contribution is 0.193. The number of piperidine rings is 1. The maximum absolute atomic E-state index is 12.0. The zero-order valence-electron chi connectivity index (χ0n) is 9.53. The molecule has 2 rings (SSSR count). The SMILES string of the molecule is NC1CCCN(C(=O)Nc2ccccc2Cl)C1. The van der Waals surface area contributed by atoms with Gasteiger partial charge in [-0.1, -0.05) is 23.7 Å². The van der Waals surface area contributed by atoms with Gasteiger partial charge in [-0.2, -0.15) is 0 Å². The first-order valence-electron chi connectivity index (χ1n) is 5.73. The van der Waals surface area contributed by atoms with Crippen LogP contribution < -0.4 is 11.1 Å². The van der Waals surface area contributed by atoms with Crippen LogP contribution in [0.3, 0.4) is 0 Å². The molecule has 1 heterocycles. The summed E-state index contributed by atoms with van der Waals surface area (Å²) in [5, 5.41) is 3.34. The van der Waals surface area contributed by atoms with Gasteiger partial charge in [0.2, 0.25) is 0 Å². The van der Waals surface area contributed by atoms with Crippen molar-refractivity contribution in [3.8, 4) is 0 Å². The van der Waals surface area contributed by atoms with Gasteiger partial charge in [0.05, 0.1) is 10.7 Å². The monoisotopic (exact) mass is 253 g/mol. The minimum Gasteiger partial charge on any atom is -0.326 e. The quantitative estimate of drug-likeness (QED) is 0.807. The zero-order valence-corrected chi connectivity index (χ0v) is 10.3. The lowest BCUT2D eigenvalue weighted by Crippen LogP contribution is -2.47. The number of halogens is 1. The summed E-state index contributed by atoms with van der Waals surface area (Å²) in [6, 6.07) is 7.15. The van der Waals surface area contributed by atoms with Gasteiger partial charge in [-0.15, -0.1) is 0 Å². The lowest BCUT2D eigenvalue weighted by atomic mass is 10.1. The summed E-state index contributed by atoms with van der Waals surface area (Å²) in [6.45, 7) is 1.36. The largest absolute Gasteiger partial charge is 0.326 e. The highest BCUT2D eigenvalue weighted by atomic mass is 35.5. The molecule has 4 nitrogen and oxygen atoms in total. The Morgan fingerprint density at radius 3 is 2.94 bits per heavy atom. The average Bonchev–Trinajstić information content (AvgIpc) is 2.32. The molecule has 1 aliphatic heterocycles. The maximum Gasteiger partial charge on any atom is 0.321 e. The maximum atomic E-state index is 12.0. The van der Waals surface area contributed by atoms with Gasteiger partial charge in [0.15, 0.2) is 0 Å². The molecule has 0 saturated carbocycles. The molecule has 2 amide bonds. The molecule has 92 valence electrons. The minimum absolute atomic E-state index is 0.0840. The first-order valence-corrected chi connectivity index (χ1v) is 6.10. The number of benzene rings is 1. The van der Waals surface area contributed by atoms with Crippen LogP contribution in [-0.2, 0) is 0 Å². The third-order valence-corrected chi connectivity index (χ3v) is 3.19. The second-order valence-corrected chi connectivity index (χ2v) is 4.67. The molecule has 1 aliphatic rings. The first-order chi connectivity index (χ1) is 8.16. The summed E-state index contributed by atoms with van der Waals surface area (Å²) in [6.07, 6.45) is 1.94. The zero-order chi connectivity index (χ0) is 12.3. The fraction of sp³-hybridized carbons (Fsp3) is 0.417. The number of likely N-dealkylation sites (tertiary alicyclic amines) is 1. The van der Waals surface area contributed by atoms with E-state index in [1.807, 2.05) is 12.1 Å². The predicted octanol–water partition coefficient (Wildman–Crippen LogP) is 2.29. The van der Waals surface area contributed by atoms with E-state index in [4.69, 9.17) is 17.3 Å². The number of hydrogen-bond acceptors (Lipinski definition) is 2. The molecular formula is C12H16ClN3O. The van der Waals surface area contributed by atoms with Crippen LogP contribution in [0.1, 0.15) is 12.8 Å². The Morgan fingerprint density at radius 1 is 1.47 bits per heavy atom. The van der Waals surface area contributed by atoms with Crippen LogP contribution in [0.25, 0.3) is 0 Å².